The van der Waals surface area contributed by atoms with E-state index in [4.69, 9.17) is 0 Å². The number of rotatable bonds is 4. The minimum absolute atomic E-state index is 0.672. The fourth-order valence-corrected chi connectivity index (χ4v) is 1.61. The lowest BCUT2D eigenvalue weighted by Crippen LogP contribution is -2.03. The van der Waals surface area contributed by atoms with Gasteiger partial charge in [0.2, 0.25) is 0 Å². The van der Waals surface area contributed by atoms with Crippen molar-refractivity contribution in [1.29, 1.82) is 0 Å². The molecule has 0 saturated heterocycles. The zero-order valence-electron chi connectivity index (χ0n) is 8.92. The van der Waals surface area contributed by atoms with Gasteiger partial charge in [-0.25, -0.2) is 9.97 Å². The Morgan fingerprint density at radius 2 is 2.19 bits per heavy atom. The molecule has 0 fully saturated rings. The first-order valence-electron chi connectivity index (χ1n) is 4.88. The third kappa shape index (κ3) is 2.93. The summed E-state index contributed by atoms with van der Waals surface area (Å²) < 4.78 is 0. The first-order valence-corrected chi connectivity index (χ1v) is 6.11. The molecule has 0 unspecified atom stereocenters. The van der Waals surface area contributed by atoms with Crippen LogP contribution in [0.2, 0.25) is 0 Å². The Balaban J connectivity index is 1.99. The first kappa shape index (κ1) is 10.9. The quantitative estimate of drug-likeness (QED) is 0.647. The Kier molecular flexibility index (Phi) is 3.71. The van der Waals surface area contributed by atoms with Crippen molar-refractivity contribution in [2.75, 3.05) is 11.6 Å². The van der Waals surface area contributed by atoms with Crippen LogP contribution in [0.15, 0.2) is 41.8 Å². The molecule has 0 bridgehead atoms. The average molecular weight is 232 g/mol. The highest BCUT2D eigenvalue weighted by atomic mass is 32.2. The zero-order chi connectivity index (χ0) is 11.2. The topological polar surface area (TPSA) is 50.7 Å². The van der Waals surface area contributed by atoms with Gasteiger partial charge in [-0.2, -0.15) is 0 Å². The van der Waals surface area contributed by atoms with Crippen molar-refractivity contribution in [2.24, 2.45) is 0 Å². The molecular formula is C11H12N4S. The number of hydrogen-bond donors (Lipinski definition) is 1. The number of hydrogen-bond acceptors (Lipinski definition) is 5. The lowest BCUT2D eigenvalue weighted by Gasteiger charge is -2.05. The number of nitrogens with one attached hydrogen (secondary N) is 1. The standard InChI is InChI=1S/C11H12N4S/c1-16-11-6-10(14-8-15-11)13-7-9-4-2-3-5-12-9/h2-6,8H,7H2,1H3,(H,13,14,15). The van der Waals surface area contributed by atoms with Crippen LogP contribution < -0.4 is 5.32 Å². The molecule has 0 spiro atoms. The Labute approximate surface area is 98.6 Å². The van der Waals surface area contributed by atoms with Gasteiger partial charge in [-0.05, 0) is 18.4 Å². The van der Waals surface area contributed by atoms with Crippen LogP contribution in [0.4, 0.5) is 5.82 Å². The van der Waals surface area contributed by atoms with E-state index in [-0.39, 0.29) is 0 Å². The van der Waals surface area contributed by atoms with Gasteiger partial charge in [0.15, 0.2) is 0 Å². The molecule has 0 saturated carbocycles. The molecule has 2 aromatic heterocycles. The summed E-state index contributed by atoms with van der Waals surface area (Å²) in [5.74, 6) is 0.824. The predicted molar refractivity (Wildman–Crippen MR) is 65.4 cm³/mol. The molecule has 2 heterocycles. The van der Waals surface area contributed by atoms with Crippen molar-refractivity contribution < 1.29 is 0 Å². The zero-order valence-corrected chi connectivity index (χ0v) is 9.74. The van der Waals surface area contributed by atoms with Gasteiger partial charge >= 0.3 is 0 Å². The van der Waals surface area contributed by atoms with Crippen molar-refractivity contribution in [3.05, 3.63) is 42.5 Å². The molecule has 0 atom stereocenters. The van der Waals surface area contributed by atoms with Crippen molar-refractivity contribution in [2.45, 2.75) is 11.6 Å². The monoisotopic (exact) mass is 232 g/mol. The lowest BCUT2D eigenvalue weighted by molar-refractivity contribution is 0.993. The number of thioether (sulfide) groups is 1. The van der Waals surface area contributed by atoms with Gasteiger partial charge in [0.05, 0.1) is 12.2 Å². The summed E-state index contributed by atoms with van der Waals surface area (Å²) >= 11 is 1.60. The lowest BCUT2D eigenvalue weighted by atomic mass is 10.3. The van der Waals surface area contributed by atoms with E-state index in [9.17, 15) is 0 Å². The van der Waals surface area contributed by atoms with Gasteiger partial charge in [-0.15, -0.1) is 11.8 Å². The van der Waals surface area contributed by atoms with Crippen LogP contribution in [0.25, 0.3) is 0 Å². The van der Waals surface area contributed by atoms with Crippen LogP contribution >= 0.6 is 11.8 Å². The van der Waals surface area contributed by atoms with Crippen molar-refractivity contribution in [3.63, 3.8) is 0 Å². The van der Waals surface area contributed by atoms with Crippen LogP contribution in [-0.4, -0.2) is 21.2 Å². The normalized spacial score (nSPS) is 10.1. The van der Waals surface area contributed by atoms with E-state index in [1.165, 1.54) is 0 Å². The van der Waals surface area contributed by atoms with Gasteiger partial charge in [0, 0.05) is 12.3 Å². The molecule has 1 N–H and O–H groups in total. The number of nitrogens with zero attached hydrogens (tertiary/aromatic N) is 3. The summed E-state index contributed by atoms with van der Waals surface area (Å²) in [5, 5.41) is 4.17. The highest BCUT2D eigenvalue weighted by Gasteiger charge is 1.97. The summed E-state index contributed by atoms with van der Waals surface area (Å²) in [6.45, 7) is 0.672. The Morgan fingerprint density at radius 3 is 2.94 bits per heavy atom. The smallest absolute Gasteiger partial charge is 0.130 e. The summed E-state index contributed by atoms with van der Waals surface area (Å²) in [6, 6.07) is 7.77. The molecule has 5 heteroatoms. The molecule has 0 radical (unpaired) electrons. The minimum atomic E-state index is 0.672. The van der Waals surface area contributed by atoms with Gasteiger partial charge in [-0.3, -0.25) is 4.98 Å². The third-order valence-electron chi connectivity index (χ3n) is 2.03. The van der Waals surface area contributed by atoms with E-state index in [0.717, 1.165) is 16.5 Å². The summed E-state index contributed by atoms with van der Waals surface area (Å²) in [4.78, 5) is 12.5. The van der Waals surface area contributed by atoms with E-state index in [0.29, 0.717) is 6.54 Å². The predicted octanol–water partition coefficient (Wildman–Crippen LogP) is 2.21. The summed E-state index contributed by atoms with van der Waals surface area (Å²) in [5.41, 5.74) is 0.992. The maximum absolute atomic E-state index is 4.23. The van der Waals surface area contributed by atoms with Gasteiger partial charge < -0.3 is 5.32 Å². The van der Waals surface area contributed by atoms with E-state index < -0.39 is 0 Å². The number of anilines is 1. The second-order valence-corrected chi connectivity index (χ2v) is 3.95. The fourth-order valence-electron chi connectivity index (χ4n) is 1.23. The molecular weight excluding hydrogens is 220 g/mol. The molecule has 0 aliphatic rings. The van der Waals surface area contributed by atoms with Gasteiger partial charge in [-0.1, -0.05) is 6.07 Å². The first-order chi connectivity index (χ1) is 7.88. The Morgan fingerprint density at radius 1 is 1.25 bits per heavy atom. The summed E-state index contributed by atoms with van der Waals surface area (Å²) in [6.07, 6.45) is 5.34. The van der Waals surface area contributed by atoms with Crippen LogP contribution in [0.3, 0.4) is 0 Å². The minimum Gasteiger partial charge on any atom is -0.364 e. The van der Waals surface area contributed by atoms with Crippen LogP contribution in [0.1, 0.15) is 5.69 Å². The van der Waals surface area contributed by atoms with Crippen LogP contribution in [0.5, 0.6) is 0 Å². The maximum atomic E-state index is 4.23. The number of pyridine rings is 1. The molecule has 2 rings (SSSR count). The Bertz CT molecular complexity index is 447. The molecule has 0 aromatic carbocycles. The third-order valence-corrected chi connectivity index (χ3v) is 2.67. The Hall–Kier alpha value is -1.62. The van der Waals surface area contributed by atoms with Crippen molar-refractivity contribution >= 4 is 17.6 Å². The molecule has 2 aromatic rings. The summed E-state index contributed by atoms with van der Waals surface area (Å²) in [7, 11) is 0. The fraction of sp³-hybridized carbons (Fsp3) is 0.182. The molecule has 82 valence electrons. The maximum Gasteiger partial charge on any atom is 0.130 e. The average Bonchev–Trinajstić information content (AvgIpc) is 2.38. The highest BCUT2D eigenvalue weighted by molar-refractivity contribution is 7.98. The van der Waals surface area contributed by atoms with Crippen LogP contribution in [-0.2, 0) is 6.54 Å². The van der Waals surface area contributed by atoms with Gasteiger partial charge in [0.25, 0.3) is 0 Å². The highest BCUT2D eigenvalue weighted by Crippen LogP contribution is 2.13. The van der Waals surface area contributed by atoms with E-state index >= 15 is 0 Å². The van der Waals surface area contributed by atoms with E-state index in [2.05, 4.69) is 20.3 Å². The largest absolute Gasteiger partial charge is 0.364 e. The van der Waals surface area contributed by atoms with Gasteiger partial charge in [0.1, 0.15) is 17.2 Å². The molecule has 0 aliphatic heterocycles. The van der Waals surface area contributed by atoms with Crippen molar-refractivity contribution in [3.8, 4) is 0 Å². The second-order valence-electron chi connectivity index (χ2n) is 3.12. The molecule has 4 nitrogen and oxygen atoms in total. The van der Waals surface area contributed by atoms with Crippen molar-refractivity contribution in [1.82, 2.24) is 15.0 Å². The SMILES string of the molecule is CSc1cc(NCc2ccccn2)ncn1. The van der Waals surface area contributed by atoms with Crippen LogP contribution in [0, 0.1) is 0 Å². The second kappa shape index (κ2) is 5.46. The number of aromatic nitrogens is 3. The molecule has 0 aliphatic carbocycles. The molecule has 16 heavy (non-hydrogen) atoms. The van der Waals surface area contributed by atoms with E-state index in [1.54, 1.807) is 24.3 Å². The molecule has 0 amide bonds. The van der Waals surface area contributed by atoms with E-state index in [1.807, 2.05) is 30.5 Å².